The summed E-state index contributed by atoms with van der Waals surface area (Å²) in [5.41, 5.74) is 5.92. The molecule has 1 rings (SSSR count). The molecule has 4 heteroatoms. The maximum Gasteiger partial charge on any atom is 0.218 e. The second-order valence-electron chi connectivity index (χ2n) is 2.35. The highest BCUT2D eigenvalue weighted by atomic mass is 16.5. The van der Waals surface area contributed by atoms with E-state index in [1.54, 1.807) is 18.3 Å². The van der Waals surface area contributed by atoms with Crippen LogP contribution in [0.5, 0.6) is 5.88 Å². The summed E-state index contributed by atoms with van der Waals surface area (Å²) in [6.07, 6.45) is 0.902. The third kappa shape index (κ3) is 1.72. The van der Waals surface area contributed by atoms with Crippen LogP contribution >= 0.6 is 0 Å². The van der Waals surface area contributed by atoms with Gasteiger partial charge in [-0.05, 0) is 12.1 Å². The first-order valence-electron chi connectivity index (χ1n) is 3.66. The van der Waals surface area contributed by atoms with E-state index in [0.29, 0.717) is 11.4 Å². The Morgan fingerprint density at radius 1 is 1.75 bits per heavy atom. The number of aromatic nitrogens is 1. The smallest absolute Gasteiger partial charge is 0.218 e. The molecule has 1 unspecified atom stereocenters. The van der Waals surface area contributed by atoms with Crippen LogP contribution in [0.25, 0.3) is 0 Å². The van der Waals surface area contributed by atoms with Crippen LogP contribution in [0, 0.1) is 0 Å². The second-order valence-corrected chi connectivity index (χ2v) is 2.35. The molecule has 3 N–H and O–H groups in total. The third-order valence-electron chi connectivity index (χ3n) is 1.58. The van der Waals surface area contributed by atoms with Gasteiger partial charge in [0.2, 0.25) is 5.88 Å². The normalized spacial score (nSPS) is 12.6. The van der Waals surface area contributed by atoms with Crippen molar-refractivity contribution in [1.29, 1.82) is 0 Å². The minimum Gasteiger partial charge on any atom is -0.481 e. The summed E-state index contributed by atoms with van der Waals surface area (Å²) in [5.74, 6) is 0.426. The van der Waals surface area contributed by atoms with E-state index in [1.165, 1.54) is 7.11 Å². The summed E-state index contributed by atoms with van der Waals surface area (Å²) >= 11 is 0. The molecule has 1 heterocycles. The van der Waals surface area contributed by atoms with Crippen LogP contribution in [0.1, 0.15) is 11.7 Å². The zero-order chi connectivity index (χ0) is 8.97. The molecule has 1 aromatic heterocycles. The molecular formula is C8H12N2O2. The van der Waals surface area contributed by atoms with Gasteiger partial charge in [-0.2, -0.15) is 0 Å². The monoisotopic (exact) mass is 168 g/mol. The Balaban J connectivity index is 2.96. The molecule has 0 saturated heterocycles. The highest BCUT2D eigenvalue weighted by Gasteiger charge is 2.10. The van der Waals surface area contributed by atoms with E-state index < -0.39 is 6.10 Å². The Bertz CT molecular complexity index is 253. The Morgan fingerprint density at radius 2 is 2.50 bits per heavy atom. The number of aliphatic hydroxyl groups excluding tert-OH is 1. The fourth-order valence-corrected chi connectivity index (χ4v) is 0.954. The average Bonchev–Trinajstić information content (AvgIpc) is 2.16. The lowest BCUT2D eigenvalue weighted by molar-refractivity contribution is 0.181. The third-order valence-corrected chi connectivity index (χ3v) is 1.58. The number of pyridine rings is 1. The number of rotatable bonds is 3. The summed E-state index contributed by atoms with van der Waals surface area (Å²) < 4.78 is 4.94. The number of aliphatic hydroxyl groups is 1. The highest BCUT2D eigenvalue weighted by Crippen LogP contribution is 2.20. The first-order chi connectivity index (χ1) is 5.79. The fraction of sp³-hybridized carbons (Fsp3) is 0.375. The largest absolute Gasteiger partial charge is 0.481 e. The van der Waals surface area contributed by atoms with E-state index in [4.69, 9.17) is 10.5 Å². The Labute approximate surface area is 71.0 Å². The van der Waals surface area contributed by atoms with Crippen molar-refractivity contribution in [2.45, 2.75) is 6.10 Å². The molecule has 0 bridgehead atoms. The van der Waals surface area contributed by atoms with Gasteiger partial charge in [0.15, 0.2) is 0 Å². The van der Waals surface area contributed by atoms with Gasteiger partial charge in [-0.3, -0.25) is 0 Å². The van der Waals surface area contributed by atoms with Crippen LogP contribution in [0.2, 0.25) is 0 Å². The number of ether oxygens (including phenoxy) is 1. The van der Waals surface area contributed by atoms with Crippen molar-refractivity contribution in [2.24, 2.45) is 5.73 Å². The molecule has 1 atom stereocenters. The van der Waals surface area contributed by atoms with Crippen molar-refractivity contribution < 1.29 is 9.84 Å². The van der Waals surface area contributed by atoms with Gasteiger partial charge in [-0.25, -0.2) is 4.98 Å². The minimum atomic E-state index is -0.700. The quantitative estimate of drug-likeness (QED) is 0.670. The molecule has 0 aliphatic heterocycles. The molecule has 66 valence electrons. The maximum absolute atomic E-state index is 9.40. The number of nitrogens with two attached hydrogens (primary N) is 1. The summed E-state index contributed by atoms with van der Waals surface area (Å²) in [4.78, 5) is 3.93. The second kappa shape index (κ2) is 4.04. The van der Waals surface area contributed by atoms with E-state index in [-0.39, 0.29) is 6.54 Å². The van der Waals surface area contributed by atoms with Crippen LogP contribution in [0.15, 0.2) is 18.3 Å². The van der Waals surface area contributed by atoms with Crippen LogP contribution in [0.3, 0.4) is 0 Å². The van der Waals surface area contributed by atoms with E-state index in [0.717, 1.165) is 0 Å². The van der Waals surface area contributed by atoms with Gasteiger partial charge in [0.25, 0.3) is 0 Å². The lowest BCUT2D eigenvalue weighted by Crippen LogP contribution is -2.12. The van der Waals surface area contributed by atoms with Gasteiger partial charge < -0.3 is 15.6 Å². The maximum atomic E-state index is 9.40. The van der Waals surface area contributed by atoms with E-state index >= 15 is 0 Å². The molecule has 0 spiro atoms. The summed E-state index contributed by atoms with van der Waals surface area (Å²) in [7, 11) is 1.51. The highest BCUT2D eigenvalue weighted by molar-refractivity contribution is 5.27. The molecule has 0 aliphatic carbocycles. The number of nitrogens with zero attached hydrogens (tertiary/aromatic N) is 1. The van der Waals surface area contributed by atoms with Crippen molar-refractivity contribution in [2.75, 3.05) is 13.7 Å². The molecule has 12 heavy (non-hydrogen) atoms. The lowest BCUT2D eigenvalue weighted by Gasteiger charge is -2.10. The molecule has 4 nitrogen and oxygen atoms in total. The molecular weight excluding hydrogens is 156 g/mol. The van der Waals surface area contributed by atoms with E-state index in [1.807, 2.05) is 0 Å². The van der Waals surface area contributed by atoms with E-state index in [2.05, 4.69) is 4.98 Å². The van der Waals surface area contributed by atoms with Gasteiger partial charge in [0.1, 0.15) is 0 Å². The summed E-state index contributed by atoms with van der Waals surface area (Å²) in [5, 5.41) is 9.40. The molecule has 0 amide bonds. The number of methoxy groups -OCH3 is 1. The molecule has 0 saturated carbocycles. The SMILES string of the molecule is COc1ncccc1C(O)CN. The van der Waals surface area contributed by atoms with Gasteiger partial charge in [0, 0.05) is 18.3 Å². The standard InChI is InChI=1S/C8H12N2O2/c1-12-8-6(7(11)5-9)3-2-4-10-8/h2-4,7,11H,5,9H2,1H3. The van der Waals surface area contributed by atoms with Gasteiger partial charge >= 0.3 is 0 Å². The zero-order valence-electron chi connectivity index (χ0n) is 6.90. The first-order valence-corrected chi connectivity index (χ1v) is 3.66. The molecule has 0 radical (unpaired) electrons. The Morgan fingerprint density at radius 3 is 3.08 bits per heavy atom. The lowest BCUT2D eigenvalue weighted by atomic mass is 10.1. The molecule has 0 aromatic carbocycles. The van der Waals surface area contributed by atoms with Crippen molar-refractivity contribution in [3.63, 3.8) is 0 Å². The average molecular weight is 168 g/mol. The van der Waals surface area contributed by atoms with Gasteiger partial charge in [0.05, 0.1) is 13.2 Å². The van der Waals surface area contributed by atoms with Crippen LogP contribution in [0.4, 0.5) is 0 Å². The predicted molar refractivity (Wildman–Crippen MR) is 44.8 cm³/mol. The van der Waals surface area contributed by atoms with Crippen LogP contribution in [-0.4, -0.2) is 23.7 Å². The number of hydrogen-bond donors (Lipinski definition) is 2. The van der Waals surface area contributed by atoms with Crippen molar-refractivity contribution in [3.05, 3.63) is 23.9 Å². The first kappa shape index (κ1) is 8.96. The minimum absolute atomic E-state index is 0.169. The Kier molecular flexibility index (Phi) is 3.01. The van der Waals surface area contributed by atoms with Crippen molar-refractivity contribution in [1.82, 2.24) is 4.98 Å². The summed E-state index contributed by atoms with van der Waals surface area (Å²) in [6, 6.07) is 3.47. The van der Waals surface area contributed by atoms with Crippen molar-refractivity contribution >= 4 is 0 Å². The fourth-order valence-electron chi connectivity index (χ4n) is 0.954. The van der Waals surface area contributed by atoms with Gasteiger partial charge in [-0.15, -0.1) is 0 Å². The van der Waals surface area contributed by atoms with Crippen LogP contribution in [-0.2, 0) is 0 Å². The summed E-state index contributed by atoms with van der Waals surface area (Å²) in [6.45, 7) is 0.169. The number of hydrogen-bond acceptors (Lipinski definition) is 4. The van der Waals surface area contributed by atoms with Gasteiger partial charge in [-0.1, -0.05) is 0 Å². The van der Waals surface area contributed by atoms with Crippen molar-refractivity contribution in [3.8, 4) is 5.88 Å². The topological polar surface area (TPSA) is 68.4 Å². The molecule has 1 aromatic rings. The zero-order valence-corrected chi connectivity index (χ0v) is 6.90. The molecule has 0 fully saturated rings. The van der Waals surface area contributed by atoms with E-state index in [9.17, 15) is 5.11 Å². The molecule has 0 aliphatic rings. The Hall–Kier alpha value is -1.13. The predicted octanol–water partition coefficient (Wildman–Crippen LogP) is 0.0823. The van der Waals surface area contributed by atoms with Crippen LogP contribution < -0.4 is 10.5 Å².